The summed E-state index contributed by atoms with van der Waals surface area (Å²) in [6, 6.07) is 0. The Hall–Kier alpha value is -0.120. The van der Waals surface area contributed by atoms with Gasteiger partial charge in [0.25, 0.3) is 0 Å². The van der Waals surface area contributed by atoms with Crippen molar-refractivity contribution in [2.24, 2.45) is 11.3 Å². The van der Waals surface area contributed by atoms with Gasteiger partial charge in [-0.25, -0.2) is 0 Å². The summed E-state index contributed by atoms with van der Waals surface area (Å²) in [4.78, 5) is 2.29. The minimum absolute atomic E-state index is 0.268. The molecule has 1 aliphatic rings. The van der Waals surface area contributed by atoms with Crippen molar-refractivity contribution in [1.29, 1.82) is 0 Å². The number of likely N-dealkylation sites (N-methyl/N-ethyl adjacent to an activating group) is 1. The van der Waals surface area contributed by atoms with Crippen molar-refractivity contribution < 1.29 is 5.11 Å². The fraction of sp³-hybridized carbons (Fsp3) is 1.00. The van der Waals surface area contributed by atoms with Gasteiger partial charge in [-0.15, -0.1) is 0 Å². The fourth-order valence-corrected chi connectivity index (χ4v) is 2.98. The SMILES string of the molecule is CCNCC1(CN(C)CCO)CCC(C)CC1. The Kier molecular flexibility index (Phi) is 6.45. The van der Waals surface area contributed by atoms with Crippen LogP contribution in [0.3, 0.4) is 0 Å². The molecule has 0 atom stereocenters. The number of nitrogens with zero attached hydrogens (tertiary/aromatic N) is 1. The van der Waals surface area contributed by atoms with Gasteiger partial charge >= 0.3 is 0 Å². The molecule has 0 aromatic heterocycles. The molecule has 0 aromatic carbocycles. The summed E-state index contributed by atoms with van der Waals surface area (Å²) in [7, 11) is 2.13. The third kappa shape index (κ3) is 4.94. The van der Waals surface area contributed by atoms with Gasteiger partial charge in [0.2, 0.25) is 0 Å². The molecule has 0 aromatic rings. The van der Waals surface area contributed by atoms with E-state index < -0.39 is 0 Å². The first-order chi connectivity index (χ1) is 8.12. The summed E-state index contributed by atoms with van der Waals surface area (Å²) in [6.45, 7) is 8.92. The number of aliphatic hydroxyl groups is 1. The molecule has 1 fully saturated rings. The van der Waals surface area contributed by atoms with Crippen LogP contribution in [-0.4, -0.2) is 49.8 Å². The zero-order chi connectivity index (χ0) is 12.7. The minimum Gasteiger partial charge on any atom is -0.395 e. The lowest BCUT2D eigenvalue weighted by atomic mass is 9.70. The summed E-state index contributed by atoms with van der Waals surface area (Å²) >= 11 is 0. The maximum absolute atomic E-state index is 9.01. The number of nitrogens with one attached hydrogen (secondary N) is 1. The maximum atomic E-state index is 9.01. The predicted molar refractivity (Wildman–Crippen MR) is 73.2 cm³/mol. The van der Waals surface area contributed by atoms with Gasteiger partial charge in [0.05, 0.1) is 6.61 Å². The van der Waals surface area contributed by atoms with Crippen LogP contribution in [0.15, 0.2) is 0 Å². The molecular formula is C14H30N2O. The molecule has 102 valence electrons. The van der Waals surface area contributed by atoms with Gasteiger partial charge < -0.3 is 15.3 Å². The highest BCUT2D eigenvalue weighted by molar-refractivity contribution is 4.88. The van der Waals surface area contributed by atoms with E-state index in [9.17, 15) is 0 Å². The standard InChI is InChI=1S/C14H30N2O/c1-4-15-11-14(12-16(3)9-10-17)7-5-13(2)6-8-14/h13,15,17H,4-12H2,1-3H3. The first kappa shape index (κ1) is 14.9. The first-order valence-electron chi connectivity index (χ1n) is 7.12. The van der Waals surface area contributed by atoms with E-state index in [1.807, 2.05) is 0 Å². The van der Waals surface area contributed by atoms with Crippen molar-refractivity contribution in [1.82, 2.24) is 10.2 Å². The van der Waals surface area contributed by atoms with Gasteiger partial charge in [0, 0.05) is 19.6 Å². The van der Waals surface area contributed by atoms with E-state index in [4.69, 9.17) is 5.11 Å². The third-order valence-electron chi connectivity index (χ3n) is 4.17. The van der Waals surface area contributed by atoms with E-state index in [0.29, 0.717) is 5.41 Å². The Balaban J connectivity index is 2.52. The molecule has 3 nitrogen and oxygen atoms in total. The zero-order valence-corrected chi connectivity index (χ0v) is 11.8. The smallest absolute Gasteiger partial charge is 0.0558 e. The molecule has 1 rings (SSSR count). The Labute approximate surface area is 107 Å². The van der Waals surface area contributed by atoms with Gasteiger partial charge in [0.15, 0.2) is 0 Å². The number of aliphatic hydroxyl groups excluding tert-OH is 1. The van der Waals surface area contributed by atoms with Crippen LogP contribution in [0.4, 0.5) is 0 Å². The number of hydrogen-bond acceptors (Lipinski definition) is 3. The molecule has 1 saturated carbocycles. The normalized spacial score (nSPS) is 29.8. The molecule has 0 heterocycles. The second-order valence-corrected chi connectivity index (χ2v) is 5.92. The van der Waals surface area contributed by atoms with Crippen LogP contribution in [0, 0.1) is 11.3 Å². The summed E-state index contributed by atoms with van der Waals surface area (Å²) in [5.41, 5.74) is 0.437. The Morgan fingerprint density at radius 1 is 1.35 bits per heavy atom. The van der Waals surface area contributed by atoms with Crippen LogP contribution < -0.4 is 5.32 Å². The van der Waals surface area contributed by atoms with E-state index in [1.54, 1.807) is 0 Å². The highest BCUT2D eigenvalue weighted by atomic mass is 16.3. The molecular weight excluding hydrogens is 212 g/mol. The highest BCUT2D eigenvalue weighted by Crippen LogP contribution is 2.38. The van der Waals surface area contributed by atoms with Crippen molar-refractivity contribution in [2.75, 3.05) is 39.8 Å². The topological polar surface area (TPSA) is 35.5 Å². The van der Waals surface area contributed by atoms with Crippen LogP contribution in [0.25, 0.3) is 0 Å². The van der Waals surface area contributed by atoms with E-state index in [-0.39, 0.29) is 6.61 Å². The third-order valence-corrected chi connectivity index (χ3v) is 4.17. The van der Waals surface area contributed by atoms with Gasteiger partial charge in [0.1, 0.15) is 0 Å². The van der Waals surface area contributed by atoms with Crippen LogP contribution in [0.5, 0.6) is 0 Å². The molecule has 0 radical (unpaired) electrons. The minimum atomic E-state index is 0.268. The van der Waals surface area contributed by atoms with Crippen molar-refractivity contribution in [3.05, 3.63) is 0 Å². The Morgan fingerprint density at radius 2 is 2.00 bits per heavy atom. The average molecular weight is 242 g/mol. The largest absolute Gasteiger partial charge is 0.395 e. The predicted octanol–water partition coefficient (Wildman–Crippen LogP) is 1.72. The zero-order valence-electron chi connectivity index (χ0n) is 11.8. The molecule has 17 heavy (non-hydrogen) atoms. The van der Waals surface area contributed by atoms with E-state index in [1.165, 1.54) is 25.7 Å². The highest BCUT2D eigenvalue weighted by Gasteiger charge is 2.34. The maximum Gasteiger partial charge on any atom is 0.0558 e. The summed E-state index contributed by atoms with van der Waals surface area (Å²) in [5, 5.41) is 12.5. The summed E-state index contributed by atoms with van der Waals surface area (Å²) in [5.74, 6) is 0.896. The lowest BCUT2D eigenvalue weighted by molar-refractivity contribution is 0.0900. The lowest BCUT2D eigenvalue weighted by Gasteiger charge is -2.42. The Bertz CT molecular complexity index is 195. The van der Waals surface area contributed by atoms with Gasteiger partial charge in [-0.3, -0.25) is 0 Å². The van der Waals surface area contributed by atoms with Crippen LogP contribution in [0.1, 0.15) is 39.5 Å². The number of rotatable bonds is 7. The fourth-order valence-electron chi connectivity index (χ4n) is 2.98. The lowest BCUT2D eigenvalue weighted by Crippen LogP contribution is -2.45. The van der Waals surface area contributed by atoms with Crippen molar-refractivity contribution in [3.63, 3.8) is 0 Å². The molecule has 0 spiro atoms. The van der Waals surface area contributed by atoms with Crippen LogP contribution >= 0.6 is 0 Å². The molecule has 0 aliphatic heterocycles. The summed E-state index contributed by atoms with van der Waals surface area (Å²) < 4.78 is 0. The molecule has 0 bridgehead atoms. The van der Waals surface area contributed by atoms with E-state index in [0.717, 1.165) is 32.1 Å². The molecule has 2 N–H and O–H groups in total. The van der Waals surface area contributed by atoms with Crippen molar-refractivity contribution in [2.45, 2.75) is 39.5 Å². The monoisotopic (exact) mass is 242 g/mol. The van der Waals surface area contributed by atoms with E-state index in [2.05, 4.69) is 31.1 Å². The van der Waals surface area contributed by atoms with Crippen LogP contribution in [0.2, 0.25) is 0 Å². The molecule has 0 unspecified atom stereocenters. The van der Waals surface area contributed by atoms with Crippen LogP contribution in [-0.2, 0) is 0 Å². The first-order valence-corrected chi connectivity index (χ1v) is 7.12. The van der Waals surface area contributed by atoms with Gasteiger partial charge in [-0.2, -0.15) is 0 Å². The average Bonchev–Trinajstić information content (AvgIpc) is 2.31. The summed E-state index contributed by atoms with van der Waals surface area (Å²) in [6.07, 6.45) is 5.38. The number of hydrogen-bond donors (Lipinski definition) is 2. The van der Waals surface area contributed by atoms with Crippen molar-refractivity contribution in [3.8, 4) is 0 Å². The molecule has 1 aliphatic carbocycles. The van der Waals surface area contributed by atoms with E-state index >= 15 is 0 Å². The Morgan fingerprint density at radius 3 is 2.53 bits per heavy atom. The van der Waals surface area contributed by atoms with Gasteiger partial charge in [-0.1, -0.05) is 26.7 Å². The quantitative estimate of drug-likeness (QED) is 0.713. The second-order valence-electron chi connectivity index (χ2n) is 5.92. The van der Waals surface area contributed by atoms with Gasteiger partial charge in [-0.05, 0) is 37.8 Å². The van der Waals surface area contributed by atoms with Crippen molar-refractivity contribution >= 4 is 0 Å². The second kappa shape index (κ2) is 7.34. The molecule has 0 amide bonds. The molecule has 0 saturated heterocycles. The molecule has 3 heteroatoms.